The third kappa shape index (κ3) is 3.57. The van der Waals surface area contributed by atoms with Gasteiger partial charge in [0.05, 0.1) is 5.25 Å². The minimum Gasteiger partial charge on any atom is -0.293 e. The maximum absolute atomic E-state index is 12.6. The van der Waals surface area contributed by atoms with E-state index < -0.39 is 16.0 Å². The lowest BCUT2D eigenvalue weighted by Crippen LogP contribution is -2.33. The van der Waals surface area contributed by atoms with Gasteiger partial charge in [-0.3, -0.25) is 9.00 Å². The van der Waals surface area contributed by atoms with Crippen molar-refractivity contribution in [2.75, 3.05) is 0 Å². The van der Waals surface area contributed by atoms with Crippen molar-refractivity contribution in [1.82, 2.24) is 0 Å². The van der Waals surface area contributed by atoms with E-state index in [1.54, 1.807) is 0 Å². The van der Waals surface area contributed by atoms with Crippen LogP contribution in [0.3, 0.4) is 0 Å². The lowest BCUT2D eigenvalue weighted by Gasteiger charge is -2.27. The Morgan fingerprint density at radius 3 is 2.50 bits per heavy atom. The molecule has 0 bridgehead atoms. The van der Waals surface area contributed by atoms with E-state index in [9.17, 15) is 9.00 Å². The van der Waals surface area contributed by atoms with Crippen LogP contribution >= 0.6 is 0 Å². The van der Waals surface area contributed by atoms with Crippen LogP contribution in [0.1, 0.15) is 55.5 Å². The summed E-state index contributed by atoms with van der Waals surface area (Å²) < 4.78 is 12.6. The first-order chi connectivity index (χ1) is 9.49. The van der Waals surface area contributed by atoms with E-state index in [-0.39, 0.29) is 11.0 Å². The van der Waals surface area contributed by atoms with E-state index in [2.05, 4.69) is 6.92 Å². The topological polar surface area (TPSA) is 34.1 Å². The Bertz CT molecular complexity index is 492. The SMILES string of the molecule is Cc1ccc(C(=O)C(C)S(=O)C2CCCC(C)C2)cc1. The van der Waals surface area contributed by atoms with Crippen molar-refractivity contribution >= 4 is 16.6 Å². The van der Waals surface area contributed by atoms with Gasteiger partial charge in [-0.1, -0.05) is 49.6 Å². The molecule has 1 saturated carbocycles. The Balaban J connectivity index is 2.06. The number of Topliss-reactive ketones (excluding diaryl/α,β-unsaturated/α-hetero) is 1. The Morgan fingerprint density at radius 1 is 1.25 bits per heavy atom. The lowest BCUT2D eigenvalue weighted by molar-refractivity contribution is 0.0992. The molecule has 3 heteroatoms. The van der Waals surface area contributed by atoms with Crippen molar-refractivity contribution in [3.63, 3.8) is 0 Å². The molecule has 0 heterocycles. The van der Waals surface area contributed by atoms with Gasteiger partial charge in [0, 0.05) is 21.6 Å². The van der Waals surface area contributed by atoms with Crippen molar-refractivity contribution in [2.45, 2.75) is 57.0 Å². The van der Waals surface area contributed by atoms with Gasteiger partial charge in [-0.05, 0) is 32.6 Å². The molecule has 0 amide bonds. The van der Waals surface area contributed by atoms with Crippen molar-refractivity contribution in [2.24, 2.45) is 5.92 Å². The Hall–Kier alpha value is -0.960. The maximum atomic E-state index is 12.6. The molecule has 4 atom stereocenters. The van der Waals surface area contributed by atoms with Gasteiger partial charge >= 0.3 is 0 Å². The molecular weight excluding hydrogens is 268 g/mol. The third-order valence-corrected chi connectivity index (χ3v) is 6.27. The zero-order chi connectivity index (χ0) is 14.7. The zero-order valence-corrected chi connectivity index (χ0v) is 13.4. The molecule has 110 valence electrons. The normalized spacial score (nSPS) is 25.9. The van der Waals surface area contributed by atoms with Crippen molar-refractivity contribution < 1.29 is 9.00 Å². The van der Waals surface area contributed by atoms with Crippen LogP contribution in [-0.4, -0.2) is 20.5 Å². The lowest BCUT2D eigenvalue weighted by atomic mass is 9.91. The molecule has 2 rings (SSSR count). The van der Waals surface area contributed by atoms with Crippen LogP contribution in [0.2, 0.25) is 0 Å². The van der Waals surface area contributed by atoms with Crippen molar-refractivity contribution in [3.8, 4) is 0 Å². The molecule has 1 aromatic rings. The summed E-state index contributed by atoms with van der Waals surface area (Å²) in [6.07, 6.45) is 4.37. The predicted molar refractivity (Wildman–Crippen MR) is 84.5 cm³/mol. The van der Waals surface area contributed by atoms with Gasteiger partial charge in [-0.15, -0.1) is 0 Å². The van der Waals surface area contributed by atoms with Gasteiger partial charge in [0.25, 0.3) is 0 Å². The molecule has 0 radical (unpaired) electrons. The molecular formula is C17H24O2S. The number of carbonyl (C=O) groups is 1. The molecule has 0 N–H and O–H groups in total. The number of hydrogen-bond acceptors (Lipinski definition) is 2. The Labute approximate surface area is 124 Å². The molecule has 0 aromatic heterocycles. The number of rotatable bonds is 4. The minimum absolute atomic E-state index is 0.0153. The first-order valence-electron chi connectivity index (χ1n) is 7.49. The van der Waals surface area contributed by atoms with Gasteiger partial charge in [0.2, 0.25) is 0 Å². The summed E-state index contributed by atoms with van der Waals surface area (Å²) in [4.78, 5) is 12.4. The van der Waals surface area contributed by atoms with E-state index in [4.69, 9.17) is 0 Å². The summed E-state index contributed by atoms with van der Waals surface area (Å²) in [5.41, 5.74) is 1.82. The van der Waals surface area contributed by atoms with Crippen LogP contribution < -0.4 is 0 Å². The fraction of sp³-hybridized carbons (Fsp3) is 0.588. The molecule has 1 aliphatic carbocycles. The van der Waals surface area contributed by atoms with Crippen LogP contribution in [0.25, 0.3) is 0 Å². The van der Waals surface area contributed by atoms with Gasteiger partial charge in [-0.2, -0.15) is 0 Å². The van der Waals surface area contributed by atoms with Crippen LogP contribution in [0.15, 0.2) is 24.3 Å². The molecule has 0 aliphatic heterocycles. The molecule has 4 unspecified atom stereocenters. The second-order valence-electron chi connectivity index (χ2n) is 6.09. The smallest absolute Gasteiger partial charge is 0.178 e. The second-order valence-corrected chi connectivity index (χ2v) is 8.13. The Kier molecular flexibility index (Phi) is 5.14. The predicted octanol–water partition coefficient (Wildman–Crippen LogP) is 3.89. The molecule has 1 aliphatic rings. The summed E-state index contributed by atoms with van der Waals surface area (Å²) in [5.74, 6) is 0.654. The largest absolute Gasteiger partial charge is 0.293 e. The molecule has 2 nitrogen and oxygen atoms in total. The second kappa shape index (κ2) is 6.66. The van der Waals surface area contributed by atoms with Gasteiger partial charge in [0.1, 0.15) is 0 Å². The van der Waals surface area contributed by atoms with Crippen LogP contribution in [0, 0.1) is 12.8 Å². The molecule has 1 fully saturated rings. The van der Waals surface area contributed by atoms with E-state index in [1.165, 1.54) is 6.42 Å². The average Bonchev–Trinajstić information content (AvgIpc) is 2.46. The number of aryl methyl sites for hydroxylation is 1. The average molecular weight is 292 g/mol. The summed E-state index contributed by atoms with van der Waals surface area (Å²) in [6, 6.07) is 7.56. The standard InChI is InChI=1S/C17H24O2S/c1-12-7-9-15(10-8-12)17(18)14(3)20(19)16-6-4-5-13(2)11-16/h7-10,13-14,16H,4-6,11H2,1-3H3. The van der Waals surface area contributed by atoms with Crippen molar-refractivity contribution in [3.05, 3.63) is 35.4 Å². The highest BCUT2D eigenvalue weighted by Gasteiger charge is 2.30. The summed E-state index contributed by atoms with van der Waals surface area (Å²) in [6.45, 7) is 6.03. The number of ketones is 1. The number of hydrogen-bond donors (Lipinski definition) is 0. The van der Waals surface area contributed by atoms with Gasteiger partial charge in [0.15, 0.2) is 5.78 Å². The highest BCUT2D eigenvalue weighted by Crippen LogP contribution is 2.29. The monoisotopic (exact) mass is 292 g/mol. The number of carbonyl (C=O) groups excluding carboxylic acids is 1. The van der Waals surface area contributed by atoms with Gasteiger partial charge < -0.3 is 0 Å². The highest BCUT2D eigenvalue weighted by molar-refractivity contribution is 7.87. The third-order valence-electron chi connectivity index (χ3n) is 4.27. The molecule has 0 spiro atoms. The zero-order valence-electron chi connectivity index (χ0n) is 12.6. The fourth-order valence-electron chi connectivity index (χ4n) is 2.94. The van der Waals surface area contributed by atoms with E-state index in [0.29, 0.717) is 11.5 Å². The highest BCUT2D eigenvalue weighted by atomic mass is 32.2. The minimum atomic E-state index is -1.06. The first-order valence-corrected chi connectivity index (χ1v) is 8.77. The summed E-state index contributed by atoms with van der Waals surface area (Å²) >= 11 is 0. The van der Waals surface area contributed by atoms with Crippen LogP contribution in [0.4, 0.5) is 0 Å². The first kappa shape index (κ1) is 15.4. The van der Waals surface area contributed by atoms with Crippen LogP contribution in [-0.2, 0) is 10.8 Å². The fourth-order valence-corrected chi connectivity index (χ4v) is 4.78. The molecule has 1 aromatic carbocycles. The van der Waals surface area contributed by atoms with E-state index in [0.717, 1.165) is 24.8 Å². The van der Waals surface area contributed by atoms with Crippen LogP contribution in [0.5, 0.6) is 0 Å². The van der Waals surface area contributed by atoms with E-state index >= 15 is 0 Å². The Morgan fingerprint density at radius 2 is 1.90 bits per heavy atom. The van der Waals surface area contributed by atoms with Gasteiger partial charge in [-0.25, -0.2) is 0 Å². The maximum Gasteiger partial charge on any atom is 0.178 e. The molecule has 0 saturated heterocycles. The number of benzene rings is 1. The van der Waals surface area contributed by atoms with Crippen molar-refractivity contribution in [1.29, 1.82) is 0 Å². The summed E-state index contributed by atoms with van der Waals surface area (Å²) in [7, 11) is -1.06. The quantitative estimate of drug-likeness (QED) is 0.789. The van der Waals surface area contributed by atoms with E-state index in [1.807, 2.05) is 38.1 Å². The summed E-state index contributed by atoms with van der Waals surface area (Å²) in [5, 5.41) is -0.198. The molecule has 20 heavy (non-hydrogen) atoms.